The highest BCUT2D eigenvalue weighted by Crippen LogP contribution is 2.15. The molecule has 0 saturated heterocycles. The Morgan fingerprint density at radius 2 is 1.77 bits per heavy atom. The van der Waals surface area contributed by atoms with Crippen LogP contribution in [-0.4, -0.2) is 47.1 Å². The van der Waals surface area contributed by atoms with Gasteiger partial charge < -0.3 is 15.7 Å². The molecular weight excluding hydrogens is 348 g/mol. The summed E-state index contributed by atoms with van der Waals surface area (Å²) in [6.07, 6.45) is 0.246. The lowest BCUT2D eigenvalue weighted by Gasteiger charge is -2.16. The van der Waals surface area contributed by atoms with E-state index < -0.39 is 5.60 Å². The van der Waals surface area contributed by atoms with Crippen LogP contribution in [0.15, 0.2) is 42.5 Å². The Bertz CT molecular complexity index is 756. The van der Waals surface area contributed by atoms with Gasteiger partial charge >= 0.3 is 0 Å². The van der Waals surface area contributed by atoms with Gasteiger partial charge in [0.2, 0.25) is 5.91 Å². The van der Waals surface area contributed by atoms with Crippen LogP contribution in [0.5, 0.6) is 0 Å². The quantitative estimate of drug-likeness (QED) is 0.590. The number of carbonyl (C=O) groups excluding carboxylic acids is 2. The summed E-state index contributed by atoms with van der Waals surface area (Å²) in [6.45, 7) is 4.38. The van der Waals surface area contributed by atoms with Crippen LogP contribution in [0.3, 0.4) is 0 Å². The maximum Gasteiger partial charge on any atom is 0.251 e. The Morgan fingerprint density at radius 3 is 2.50 bits per heavy atom. The van der Waals surface area contributed by atoms with Crippen molar-refractivity contribution in [3.8, 4) is 0 Å². The van der Waals surface area contributed by atoms with Gasteiger partial charge in [0, 0.05) is 36.6 Å². The van der Waals surface area contributed by atoms with E-state index in [0.29, 0.717) is 24.4 Å². The van der Waals surface area contributed by atoms with Crippen molar-refractivity contribution in [2.75, 3.05) is 24.6 Å². The number of amides is 2. The van der Waals surface area contributed by atoms with Crippen molar-refractivity contribution in [1.82, 2.24) is 10.6 Å². The first-order valence-corrected chi connectivity index (χ1v) is 9.84. The van der Waals surface area contributed by atoms with Gasteiger partial charge in [-0.3, -0.25) is 9.59 Å². The number of rotatable bonds is 9. The van der Waals surface area contributed by atoms with Gasteiger partial charge in [0.1, 0.15) is 0 Å². The third-order valence-electron chi connectivity index (χ3n) is 3.67. The normalized spacial score (nSPS) is 11.3. The number of aliphatic hydroxyl groups is 1. The molecule has 0 unspecified atom stereocenters. The monoisotopic (exact) mass is 374 g/mol. The first kappa shape index (κ1) is 20.3. The van der Waals surface area contributed by atoms with Crippen molar-refractivity contribution in [2.45, 2.75) is 25.9 Å². The van der Waals surface area contributed by atoms with Gasteiger partial charge in [0.15, 0.2) is 0 Å². The average Bonchev–Trinajstić information content (AvgIpc) is 2.60. The van der Waals surface area contributed by atoms with Crippen LogP contribution in [0.1, 0.15) is 30.6 Å². The molecule has 2 aromatic rings. The Balaban J connectivity index is 1.66. The molecule has 5 nitrogen and oxygen atoms in total. The van der Waals surface area contributed by atoms with Crippen LogP contribution in [-0.2, 0) is 4.79 Å². The summed E-state index contributed by atoms with van der Waals surface area (Å²) in [4.78, 5) is 24.0. The molecule has 0 aromatic heterocycles. The Labute approximate surface area is 158 Å². The SMILES string of the molecule is CC(C)(O)CSCCNC(=O)CCNC(=O)c1ccc2ccccc2c1. The summed E-state index contributed by atoms with van der Waals surface area (Å²) in [5, 5.41) is 17.3. The molecule has 0 fully saturated rings. The van der Waals surface area contributed by atoms with E-state index in [4.69, 9.17) is 0 Å². The molecule has 0 spiro atoms. The summed E-state index contributed by atoms with van der Waals surface area (Å²) >= 11 is 1.59. The molecule has 2 rings (SSSR count). The highest BCUT2D eigenvalue weighted by molar-refractivity contribution is 7.99. The van der Waals surface area contributed by atoms with Gasteiger partial charge in [-0.2, -0.15) is 11.8 Å². The topological polar surface area (TPSA) is 78.4 Å². The first-order chi connectivity index (χ1) is 12.3. The van der Waals surface area contributed by atoms with E-state index in [-0.39, 0.29) is 18.2 Å². The van der Waals surface area contributed by atoms with E-state index in [1.54, 1.807) is 31.7 Å². The van der Waals surface area contributed by atoms with Crippen LogP contribution in [0.25, 0.3) is 10.8 Å². The van der Waals surface area contributed by atoms with E-state index in [1.807, 2.05) is 36.4 Å². The molecule has 0 heterocycles. The fourth-order valence-corrected chi connectivity index (χ4v) is 3.29. The molecule has 6 heteroatoms. The van der Waals surface area contributed by atoms with Crippen molar-refractivity contribution in [3.05, 3.63) is 48.0 Å². The van der Waals surface area contributed by atoms with Crippen molar-refractivity contribution in [1.29, 1.82) is 0 Å². The molecule has 0 aliphatic carbocycles. The molecule has 26 heavy (non-hydrogen) atoms. The maximum absolute atomic E-state index is 12.2. The van der Waals surface area contributed by atoms with Gasteiger partial charge in [-0.15, -0.1) is 0 Å². The smallest absolute Gasteiger partial charge is 0.251 e. The molecule has 140 valence electrons. The van der Waals surface area contributed by atoms with Gasteiger partial charge in [0.25, 0.3) is 5.91 Å². The number of hydrogen-bond acceptors (Lipinski definition) is 4. The molecule has 0 saturated carbocycles. The zero-order valence-electron chi connectivity index (χ0n) is 15.2. The second-order valence-corrected chi connectivity index (χ2v) is 7.89. The summed E-state index contributed by atoms with van der Waals surface area (Å²) < 4.78 is 0. The predicted octanol–water partition coefficient (Wildman–Crippen LogP) is 2.58. The predicted molar refractivity (Wildman–Crippen MR) is 108 cm³/mol. The molecule has 3 N–H and O–H groups in total. The van der Waals surface area contributed by atoms with Crippen molar-refractivity contribution >= 4 is 34.3 Å². The summed E-state index contributed by atoms with van der Waals surface area (Å²) in [6, 6.07) is 13.4. The average molecular weight is 375 g/mol. The van der Waals surface area contributed by atoms with Crippen LogP contribution in [0.4, 0.5) is 0 Å². The molecule has 2 aromatic carbocycles. The van der Waals surface area contributed by atoms with Gasteiger partial charge in [-0.25, -0.2) is 0 Å². The Hall–Kier alpha value is -2.05. The second-order valence-electron chi connectivity index (χ2n) is 6.78. The van der Waals surface area contributed by atoms with Gasteiger partial charge in [-0.1, -0.05) is 30.3 Å². The zero-order chi connectivity index (χ0) is 19.0. The van der Waals surface area contributed by atoms with Crippen molar-refractivity contribution < 1.29 is 14.7 Å². The fraction of sp³-hybridized carbons (Fsp3) is 0.400. The lowest BCUT2D eigenvalue weighted by molar-refractivity contribution is -0.120. The van der Waals surface area contributed by atoms with Crippen LogP contribution in [0, 0.1) is 0 Å². The van der Waals surface area contributed by atoms with E-state index in [9.17, 15) is 14.7 Å². The molecular formula is C20H26N2O3S. The molecule has 2 amide bonds. The highest BCUT2D eigenvalue weighted by Gasteiger charge is 2.12. The Kier molecular flexibility index (Phi) is 7.48. The first-order valence-electron chi connectivity index (χ1n) is 8.69. The van der Waals surface area contributed by atoms with Crippen LogP contribution in [0.2, 0.25) is 0 Å². The Morgan fingerprint density at radius 1 is 1.04 bits per heavy atom. The maximum atomic E-state index is 12.2. The molecule has 0 bridgehead atoms. The number of hydrogen-bond donors (Lipinski definition) is 3. The van der Waals surface area contributed by atoms with Crippen molar-refractivity contribution in [2.24, 2.45) is 0 Å². The summed E-state index contributed by atoms with van der Waals surface area (Å²) in [5.41, 5.74) is -0.103. The minimum absolute atomic E-state index is 0.0901. The zero-order valence-corrected chi connectivity index (χ0v) is 16.1. The van der Waals surface area contributed by atoms with Gasteiger partial charge in [-0.05, 0) is 36.8 Å². The van der Waals surface area contributed by atoms with Crippen LogP contribution < -0.4 is 10.6 Å². The summed E-state index contributed by atoms with van der Waals surface area (Å²) in [7, 11) is 0. The van der Waals surface area contributed by atoms with E-state index in [0.717, 1.165) is 16.5 Å². The minimum Gasteiger partial charge on any atom is -0.390 e. The molecule has 0 aliphatic rings. The van der Waals surface area contributed by atoms with Crippen LogP contribution >= 0.6 is 11.8 Å². The lowest BCUT2D eigenvalue weighted by atomic mass is 10.1. The molecule has 0 aliphatic heterocycles. The third-order valence-corrected chi connectivity index (χ3v) is 5.08. The van der Waals surface area contributed by atoms with Gasteiger partial charge in [0.05, 0.1) is 5.60 Å². The summed E-state index contributed by atoms with van der Waals surface area (Å²) in [5.74, 6) is 1.11. The highest BCUT2D eigenvalue weighted by atomic mass is 32.2. The fourth-order valence-electron chi connectivity index (χ4n) is 2.40. The number of benzene rings is 2. The van der Waals surface area contributed by atoms with Crippen molar-refractivity contribution in [3.63, 3.8) is 0 Å². The number of nitrogens with one attached hydrogen (secondary N) is 2. The second kappa shape index (κ2) is 9.59. The number of carbonyl (C=O) groups is 2. The van der Waals surface area contributed by atoms with E-state index >= 15 is 0 Å². The lowest BCUT2D eigenvalue weighted by Crippen LogP contribution is -2.32. The standard InChI is InChI=1S/C20H26N2O3S/c1-20(2,25)14-26-12-11-21-18(23)9-10-22-19(24)17-8-7-15-5-3-4-6-16(15)13-17/h3-8,13,25H,9-12,14H2,1-2H3,(H,21,23)(H,22,24). The molecule has 0 radical (unpaired) electrons. The third kappa shape index (κ3) is 7.06. The largest absolute Gasteiger partial charge is 0.390 e. The minimum atomic E-state index is -0.693. The van der Waals surface area contributed by atoms with E-state index in [1.165, 1.54) is 0 Å². The van der Waals surface area contributed by atoms with E-state index in [2.05, 4.69) is 10.6 Å². The number of fused-ring (bicyclic) bond motifs is 1. The number of thioether (sulfide) groups is 1. The molecule has 0 atom stereocenters.